The molecule has 1 aliphatic heterocycles. The molecular weight excluding hydrogens is 493 g/mol. The molecule has 8 nitrogen and oxygen atoms in total. The normalized spacial score (nSPS) is 15.2. The van der Waals surface area contributed by atoms with Gasteiger partial charge < -0.3 is 19.5 Å². The zero-order valence-electron chi connectivity index (χ0n) is 18.3. The van der Waals surface area contributed by atoms with E-state index in [1.165, 1.54) is 5.56 Å². The van der Waals surface area contributed by atoms with Crippen molar-refractivity contribution < 1.29 is 4.74 Å². The smallest absolute Gasteiger partial charge is 0.194 e. The number of nitrogens with one attached hydrogen (secondary N) is 1. The number of aliphatic imine (C=N–C) groups is 1. The summed E-state index contributed by atoms with van der Waals surface area (Å²) in [6, 6.07) is 10.7. The zero-order valence-corrected chi connectivity index (χ0v) is 20.6. The van der Waals surface area contributed by atoms with Gasteiger partial charge in [-0.15, -0.1) is 34.2 Å². The Bertz CT molecular complexity index is 773. The van der Waals surface area contributed by atoms with Gasteiger partial charge in [0.1, 0.15) is 12.4 Å². The number of aryl methyl sites for hydroxylation is 1. The average Bonchev–Trinajstić information content (AvgIpc) is 3.07. The van der Waals surface area contributed by atoms with Crippen molar-refractivity contribution in [2.24, 2.45) is 12.0 Å². The van der Waals surface area contributed by atoms with Gasteiger partial charge in [0, 0.05) is 60.0 Å². The minimum absolute atomic E-state index is 0. The number of ether oxygens (including phenoxy) is 1. The van der Waals surface area contributed by atoms with Crippen molar-refractivity contribution >= 4 is 29.9 Å². The largest absolute Gasteiger partial charge is 0.385 e. The highest BCUT2D eigenvalue weighted by Gasteiger charge is 2.20. The number of guanidine groups is 1. The van der Waals surface area contributed by atoms with Crippen LogP contribution in [0.15, 0.2) is 35.3 Å². The van der Waals surface area contributed by atoms with Crippen LogP contribution in [0.4, 0.5) is 0 Å². The van der Waals surface area contributed by atoms with Crippen LogP contribution in [-0.4, -0.2) is 77.0 Å². The number of benzene rings is 1. The Morgan fingerprint density at radius 2 is 1.87 bits per heavy atom. The molecule has 9 heteroatoms. The summed E-state index contributed by atoms with van der Waals surface area (Å²) in [6.07, 6.45) is 0.951. The predicted molar refractivity (Wildman–Crippen MR) is 130 cm³/mol. The molecular formula is C21H34IN7O. The molecule has 30 heavy (non-hydrogen) atoms. The first-order valence-corrected chi connectivity index (χ1v) is 10.3. The average molecular weight is 527 g/mol. The van der Waals surface area contributed by atoms with Crippen molar-refractivity contribution in [3.05, 3.63) is 47.5 Å². The predicted octanol–water partition coefficient (Wildman–Crippen LogP) is 2.04. The van der Waals surface area contributed by atoms with Gasteiger partial charge in [-0.05, 0) is 18.9 Å². The van der Waals surface area contributed by atoms with Crippen molar-refractivity contribution in [1.29, 1.82) is 0 Å². The molecule has 1 N–H and O–H groups in total. The quantitative estimate of drug-likeness (QED) is 0.245. The zero-order chi connectivity index (χ0) is 20.5. The molecule has 1 aliphatic rings. The van der Waals surface area contributed by atoms with Gasteiger partial charge in [0.05, 0.1) is 0 Å². The SMILES string of the molecule is COCCCNC(=NCc1nnc(C)n1C)N1CCN(Cc2ccccc2)CC1.I. The van der Waals surface area contributed by atoms with Crippen molar-refractivity contribution in [2.45, 2.75) is 26.4 Å². The van der Waals surface area contributed by atoms with Crippen molar-refractivity contribution in [3.8, 4) is 0 Å². The first kappa shape index (κ1) is 24.5. The maximum Gasteiger partial charge on any atom is 0.194 e. The van der Waals surface area contributed by atoms with E-state index in [0.29, 0.717) is 6.54 Å². The lowest BCUT2D eigenvalue weighted by atomic mass is 10.2. The molecule has 0 radical (unpaired) electrons. The Kier molecular flexibility index (Phi) is 10.5. The van der Waals surface area contributed by atoms with Crippen LogP contribution in [0.25, 0.3) is 0 Å². The molecule has 1 fully saturated rings. The van der Waals surface area contributed by atoms with E-state index in [2.05, 4.69) is 55.6 Å². The number of hydrogen-bond acceptors (Lipinski definition) is 5. The summed E-state index contributed by atoms with van der Waals surface area (Å²) < 4.78 is 7.16. The molecule has 0 atom stereocenters. The number of methoxy groups -OCH3 is 1. The van der Waals surface area contributed by atoms with Gasteiger partial charge in [0.25, 0.3) is 0 Å². The highest BCUT2D eigenvalue weighted by molar-refractivity contribution is 14.0. The molecule has 0 aliphatic carbocycles. The minimum atomic E-state index is 0. The second kappa shape index (κ2) is 12.9. The van der Waals surface area contributed by atoms with Crippen LogP contribution in [0.3, 0.4) is 0 Å². The Labute approximate surface area is 196 Å². The fraction of sp³-hybridized carbons (Fsp3) is 0.571. The highest BCUT2D eigenvalue weighted by atomic mass is 127. The third kappa shape index (κ3) is 7.21. The van der Waals surface area contributed by atoms with Gasteiger partial charge >= 0.3 is 0 Å². The van der Waals surface area contributed by atoms with Crippen molar-refractivity contribution in [1.82, 2.24) is 29.9 Å². The summed E-state index contributed by atoms with van der Waals surface area (Å²) in [7, 11) is 3.71. The molecule has 3 rings (SSSR count). The van der Waals surface area contributed by atoms with Gasteiger partial charge in [0.15, 0.2) is 11.8 Å². The van der Waals surface area contributed by atoms with Gasteiger partial charge in [-0.3, -0.25) is 4.90 Å². The molecule has 1 aromatic heterocycles. The van der Waals surface area contributed by atoms with E-state index < -0.39 is 0 Å². The Balaban J connectivity index is 0.00000320. The number of hydrogen-bond donors (Lipinski definition) is 1. The monoisotopic (exact) mass is 527 g/mol. The summed E-state index contributed by atoms with van der Waals surface area (Å²) in [5.74, 6) is 2.72. The summed E-state index contributed by atoms with van der Waals surface area (Å²) >= 11 is 0. The topological polar surface area (TPSA) is 70.8 Å². The van der Waals surface area contributed by atoms with Crippen LogP contribution in [0.2, 0.25) is 0 Å². The molecule has 0 amide bonds. The highest BCUT2D eigenvalue weighted by Crippen LogP contribution is 2.09. The summed E-state index contributed by atoms with van der Waals surface area (Å²) in [4.78, 5) is 9.69. The maximum absolute atomic E-state index is 5.17. The molecule has 0 unspecified atom stereocenters. The lowest BCUT2D eigenvalue weighted by Gasteiger charge is -2.36. The number of halogens is 1. The summed E-state index contributed by atoms with van der Waals surface area (Å²) in [5, 5.41) is 11.9. The molecule has 166 valence electrons. The van der Waals surface area contributed by atoms with Crippen molar-refractivity contribution in [3.63, 3.8) is 0 Å². The second-order valence-corrected chi connectivity index (χ2v) is 7.38. The maximum atomic E-state index is 5.17. The van der Waals surface area contributed by atoms with E-state index in [9.17, 15) is 0 Å². The Morgan fingerprint density at radius 1 is 1.13 bits per heavy atom. The fourth-order valence-corrected chi connectivity index (χ4v) is 3.38. The third-order valence-electron chi connectivity index (χ3n) is 5.28. The van der Waals surface area contributed by atoms with E-state index in [0.717, 1.165) is 69.9 Å². The molecule has 2 heterocycles. The number of rotatable bonds is 8. The first-order valence-electron chi connectivity index (χ1n) is 10.3. The van der Waals surface area contributed by atoms with E-state index in [1.807, 2.05) is 18.5 Å². The standard InChI is InChI=1S/C21H33N7O.HI/c1-18-24-25-20(26(18)2)16-23-21(22-10-7-15-29-3)28-13-11-27(12-14-28)17-19-8-5-4-6-9-19;/h4-6,8-9H,7,10-17H2,1-3H3,(H,22,23);1H. The van der Waals surface area contributed by atoms with Gasteiger partial charge in [-0.2, -0.15) is 0 Å². The van der Waals surface area contributed by atoms with Crippen LogP contribution >= 0.6 is 24.0 Å². The Morgan fingerprint density at radius 3 is 2.50 bits per heavy atom. The first-order chi connectivity index (χ1) is 14.2. The van der Waals surface area contributed by atoms with E-state index >= 15 is 0 Å². The molecule has 0 spiro atoms. The van der Waals surface area contributed by atoms with E-state index in [-0.39, 0.29) is 24.0 Å². The van der Waals surface area contributed by atoms with Crippen LogP contribution in [0, 0.1) is 6.92 Å². The van der Waals surface area contributed by atoms with Crippen LogP contribution < -0.4 is 5.32 Å². The van der Waals surface area contributed by atoms with E-state index in [4.69, 9.17) is 9.73 Å². The van der Waals surface area contributed by atoms with Gasteiger partial charge in [-0.25, -0.2) is 4.99 Å². The van der Waals surface area contributed by atoms with Crippen molar-refractivity contribution in [2.75, 3.05) is 46.4 Å². The fourth-order valence-electron chi connectivity index (χ4n) is 3.38. The molecule has 1 aromatic carbocycles. The van der Waals surface area contributed by atoms with Crippen LogP contribution in [0.5, 0.6) is 0 Å². The minimum Gasteiger partial charge on any atom is -0.385 e. The van der Waals surface area contributed by atoms with Gasteiger partial charge in [0.2, 0.25) is 0 Å². The molecule has 0 saturated carbocycles. The number of piperazine rings is 1. The lowest BCUT2D eigenvalue weighted by molar-refractivity contribution is 0.171. The Hall–Kier alpha value is -1.72. The molecule has 2 aromatic rings. The molecule has 0 bridgehead atoms. The number of aromatic nitrogens is 3. The third-order valence-corrected chi connectivity index (χ3v) is 5.28. The number of nitrogens with zero attached hydrogens (tertiary/aromatic N) is 6. The second-order valence-electron chi connectivity index (χ2n) is 7.38. The lowest BCUT2D eigenvalue weighted by Crippen LogP contribution is -2.52. The van der Waals surface area contributed by atoms with Gasteiger partial charge in [-0.1, -0.05) is 30.3 Å². The summed E-state index contributed by atoms with van der Waals surface area (Å²) in [6.45, 7) is 9.03. The van der Waals surface area contributed by atoms with Crippen LogP contribution in [0.1, 0.15) is 23.6 Å². The molecule has 1 saturated heterocycles. The summed E-state index contributed by atoms with van der Waals surface area (Å²) in [5.41, 5.74) is 1.37. The van der Waals surface area contributed by atoms with Crippen LogP contribution in [-0.2, 0) is 24.9 Å². The van der Waals surface area contributed by atoms with E-state index in [1.54, 1.807) is 7.11 Å².